The maximum Gasteiger partial charge on any atom is 0.243 e. The van der Waals surface area contributed by atoms with Gasteiger partial charge in [0.25, 0.3) is 0 Å². The number of sulfonamides is 1. The minimum atomic E-state index is -3.50. The molecular formula is C13H18FNO2S. The van der Waals surface area contributed by atoms with Crippen molar-refractivity contribution in [3.63, 3.8) is 0 Å². The predicted octanol–water partition coefficient (Wildman–Crippen LogP) is 2.62. The Bertz CT molecular complexity index is 541. The van der Waals surface area contributed by atoms with Crippen molar-refractivity contribution >= 4 is 10.0 Å². The molecule has 5 heteroatoms. The van der Waals surface area contributed by atoms with Gasteiger partial charge < -0.3 is 0 Å². The van der Waals surface area contributed by atoms with Crippen molar-refractivity contribution in [3.05, 3.63) is 29.1 Å². The lowest BCUT2D eigenvalue weighted by molar-refractivity contribution is 0.420. The zero-order valence-corrected chi connectivity index (χ0v) is 11.7. The smallest absolute Gasteiger partial charge is 0.207 e. The maximum atomic E-state index is 13.2. The van der Waals surface area contributed by atoms with Crippen LogP contribution < -0.4 is 0 Å². The van der Waals surface area contributed by atoms with Gasteiger partial charge in [-0.3, -0.25) is 0 Å². The third kappa shape index (κ3) is 2.29. The maximum absolute atomic E-state index is 13.2. The van der Waals surface area contributed by atoms with Crippen molar-refractivity contribution in [2.45, 2.75) is 44.6 Å². The molecule has 1 aromatic rings. The molecule has 18 heavy (non-hydrogen) atoms. The third-order valence-corrected chi connectivity index (χ3v) is 5.59. The first-order valence-electron chi connectivity index (χ1n) is 6.16. The monoisotopic (exact) mass is 271 g/mol. The van der Waals surface area contributed by atoms with Gasteiger partial charge in [0, 0.05) is 12.6 Å². The molecule has 1 aliphatic rings. The highest BCUT2D eigenvalue weighted by molar-refractivity contribution is 7.89. The van der Waals surface area contributed by atoms with Gasteiger partial charge in [-0.15, -0.1) is 0 Å². The highest BCUT2D eigenvalue weighted by Gasteiger charge is 2.38. The van der Waals surface area contributed by atoms with E-state index >= 15 is 0 Å². The Balaban J connectivity index is 2.53. The molecule has 0 saturated heterocycles. The van der Waals surface area contributed by atoms with Crippen LogP contribution in [0.4, 0.5) is 4.39 Å². The molecule has 0 spiro atoms. The molecule has 2 rings (SSSR count). The average molecular weight is 271 g/mol. The minimum absolute atomic E-state index is 0.129. The number of rotatable bonds is 4. The van der Waals surface area contributed by atoms with E-state index in [0.29, 0.717) is 17.7 Å². The van der Waals surface area contributed by atoms with E-state index in [9.17, 15) is 12.8 Å². The van der Waals surface area contributed by atoms with E-state index in [4.69, 9.17) is 0 Å². The summed E-state index contributed by atoms with van der Waals surface area (Å²) in [7, 11) is -3.50. The molecule has 0 aliphatic heterocycles. The van der Waals surface area contributed by atoms with Gasteiger partial charge in [-0.05, 0) is 49.9 Å². The number of aryl methyl sites for hydroxylation is 2. The van der Waals surface area contributed by atoms with Crippen LogP contribution in [0.1, 0.15) is 30.9 Å². The number of hydrogen-bond donors (Lipinski definition) is 0. The number of halogens is 1. The second-order valence-electron chi connectivity index (χ2n) is 4.81. The van der Waals surface area contributed by atoms with Crippen molar-refractivity contribution in [1.29, 1.82) is 0 Å². The molecule has 3 nitrogen and oxygen atoms in total. The second kappa shape index (κ2) is 4.63. The fraction of sp³-hybridized carbons (Fsp3) is 0.538. The molecular weight excluding hydrogens is 253 g/mol. The number of hydrogen-bond acceptors (Lipinski definition) is 2. The van der Waals surface area contributed by atoms with Crippen LogP contribution in [0.2, 0.25) is 0 Å². The lowest BCUT2D eigenvalue weighted by Gasteiger charge is -2.22. The number of benzene rings is 1. The third-order valence-electron chi connectivity index (χ3n) is 3.26. The standard InChI is InChI=1S/C13H18FNO2S/c1-4-15(12-5-6-12)18(16,17)13-9(2)7-11(14)8-10(13)3/h7-8,12H,4-6H2,1-3H3. The summed E-state index contributed by atoms with van der Waals surface area (Å²) in [4.78, 5) is 0.262. The van der Waals surface area contributed by atoms with Crippen molar-refractivity contribution in [2.75, 3.05) is 6.54 Å². The van der Waals surface area contributed by atoms with Gasteiger partial charge in [0.15, 0.2) is 0 Å². The summed E-state index contributed by atoms with van der Waals surface area (Å²) in [6.45, 7) is 5.58. The van der Waals surface area contributed by atoms with Gasteiger partial charge >= 0.3 is 0 Å². The fourth-order valence-corrected chi connectivity index (χ4v) is 4.52. The molecule has 0 heterocycles. The van der Waals surface area contributed by atoms with E-state index in [1.54, 1.807) is 13.8 Å². The van der Waals surface area contributed by atoms with E-state index in [2.05, 4.69) is 0 Å². The first-order chi connectivity index (χ1) is 8.37. The van der Waals surface area contributed by atoms with Crippen molar-refractivity contribution in [1.82, 2.24) is 4.31 Å². The Hall–Kier alpha value is -0.940. The number of nitrogens with zero attached hydrogens (tertiary/aromatic N) is 1. The molecule has 1 fully saturated rings. The van der Waals surface area contributed by atoms with Crippen molar-refractivity contribution in [2.24, 2.45) is 0 Å². The van der Waals surface area contributed by atoms with Gasteiger partial charge in [0.05, 0.1) is 4.90 Å². The Morgan fingerprint density at radius 3 is 2.17 bits per heavy atom. The Morgan fingerprint density at radius 2 is 1.78 bits per heavy atom. The van der Waals surface area contributed by atoms with Crippen LogP contribution >= 0.6 is 0 Å². The molecule has 100 valence electrons. The normalized spacial score (nSPS) is 16.3. The zero-order valence-electron chi connectivity index (χ0n) is 10.9. The van der Waals surface area contributed by atoms with E-state index in [-0.39, 0.29) is 10.9 Å². The summed E-state index contributed by atoms with van der Waals surface area (Å²) in [5.41, 5.74) is 0.957. The highest BCUT2D eigenvalue weighted by atomic mass is 32.2. The van der Waals surface area contributed by atoms with E-state index in [1.807, 2.05) is 6.92 Å². The van der Waals surface area contributed by atoms with E-state index < -0.39 is 15.8 Å². The fourth-order valence-electron chi connectivity index (χ4n) is 2.41. The van der Waals surface area contributed by atoms with Crippen LogP contribution in [-0.4, -0.2) is 25.3 Å². The largest absolute Gasteiger partial charge is 0.243 e. The van der Waals surface area contributed by atoms with Gasteiger partial charge in [0.1, 0.15) is 5.82 Å². The summed E-state index contributed by atoms with van der Waals surface area (Å²) in [6.07, 6.45) is 1.85. The summed E-state index contributed by atoms with van der Waals surface area (Å²) >= 11 is 0. The van der Waals surface area contributed by atoms with Gasteiger partial charge in [-0.25, -0.2) is 12.8 Å². The summed E-state index contributed by atoms with van der Waals surface area (Å²) in [6, 6.07) is 2.69. The van der Waals surface area contributed by atoms with E-state index in [0.717, 1.165) is 12.8 Å². The molecule has 1 aromatic carbocycles. The second-order valence-corrected chi connectivity index (χ2v) is 6.64. The molecule has 0 bridgehead atoms. The summed E-state index contributed by atoms with van der Waals surface area (Å²) in [5, 5.41) is 0. The van der Waals surface area contributed by atoms with Crippen LogP contribution in [0.15, 0.2) is 17.0 Å². The molecule has 0 atom stereocenters. The molecule has 0 N–H and O–H groups in total. The lowest BCUT2D eigenvalue weighted by atomic mass is 10.1. The molecule has 1 aliphatic carbocycles. The topological polar surface area (TPSA) is 37.4 Å². The van der Waals surface area contributed by atoms with Crippen LogP contribution in [0.3, 0.4) is 0 Å². The first kappa shape index (κ1) is 13.5. The Morgan fingerprint density at radius 1 is 1.28 bits per heavy atom. The van der Waals surface area contributed by atoms with E-state index in [1.165, 1.54) is 16.4 Å². The Labute approximate surface area is 108 Å². The quantitative estimate of drug-likeness (QED) is 0.844. The zero-order chi connectivity index (χ0) is 13.5. The summed E-state index contributed by atoms with van der Waals surface area (Å²) in [5.74, 6) is -0.390. The van der Waals surface area contributed by atoms with Crippen molar-refractivity contribution < 1.29 is 12.8 Å². The minimum Gasteiger partial charge on any atom is -0.207 e. The highest BCUT2D eigenvalue weighted by Crippen LogP contribution is 2.33. The SMILES string of the molecule is CCN(C1CC1)S(=O)(=O)c1c(C)cc(F)cc1C. The molecule has 0 amide bonds. The van der Waals surface area contributed by atoms with Crippen LogP contribution in [0.5, 0.6) is 0 Å². The van der Waals surface area contributed by atoms with Gasteiger partial charge in [-0.2, -0.15) is 4.31 Å². The average Bonchev–Trinajstić information content (AvgIpc) is 2.99. The molecule has 0 aromatic heterocycles. The van der Waals surface area contributed by atoms with Crippen LogP contribution in [-0.2, 0) is 10.0 Å². The molecule has 1 saturated carbocycles. The van der Waals surface area contributed by atoms with Crippen LogP contribution in [0, 0.1) is 19.7 Å². The lowest BCUT2D eigenvalue weighted by Crippen LogP contribution is -2.33. The van der Waals surface area contributed by atoms with Gasteiger partial charge in [-0.1, -0.05) is 6.92 Å². The molecule has 0 radical (unpaired) electrons. The predicted molar refractivity (Wildman–Crippen MR) is 68.5 cm³/mol. The van der Waals surface area contributed by atoms with Crippen LogP contribution in [0.25, 0.3) is 0 Å². The first-order valence-corrected chi connectivity index (χ1v) is 7.60. The van der Waals surface area contributed by atoms with Gasteiger partial charge in [0.2, 0.25) is 10.0 Å². The Kier molecular flexibility index (Phi) is 3.47. The molecule has 0 unspecified atom stereocenters. The van der Waals surface area contributed by atoms with Crippen molar-refractivity contribution in [3.8, 4) is 0 Å². The summed E-state index contributed by atoms with van der Waals surface area (Å²) < 4.78 is 40.0.